The molecule has 2 rings (SSSR count). The predicted molar refractivity (Wildman–Crippen MR) is 77.9 cm³/mol. The Morgan fingerprint density at radius 3 is 2.76 bits per heavy atom. The van der Waals surface area contributed by atoms with Gasteiger partial charge in [-0.2, -0.15) is 0 Å². The van der Waals surface area contributed by atoms with Crippen molar-refractivity contribution in [1.29, 1.82) is 0 Å². The third-order valence-corrected chi connectivity index (χ3v) is 3.83. The molecule has 1 aromatic rings. The molecule has 0 saturated heterocycles. The second-order valence-electron chi connectivity index (χ2n) is 5.66. The number of aliphatic hydroxyl groups is 1. The topological polar surface area (TPSA) is 116 Å². The molecule has 6 N–H and O–H groups in total. The first-order valence-corrected chi connectivity index (χ1v) is 7.20. The molecule has 1 saturated carbocycles. The van der Waals surface area contributed by atoms with E-state index in [1.54, 1.807) is 6.07 Å². The first-order chi connectivity index (χ1) is 9.95. The summed E-state index contributed by atoms with van der Waals surface area (Å²) >= 11 is 0. The van der Waals surface area contributed by atoms with Crippen molar-refractivity contribution in [2.75, 3.05) is 0 Å². The molecule has 0 spiro atoms. The summed E-state index contributed by atoms with van der Waals surface area (Å²) in [4.78, 5) is 12.0. The Morgan fingerprint density at radius 2 is 2.10 bits per heavy atom. The molecule has 0 heterocycles. The van der Waals surface area contributed by atoms with Crippen LogP contribution >= 0.6 is 0 Å². The molecule has 1 amide bonds. The van der Waals surface area contributed by atoms with Crippen LogP contribution in [0.3, 0.4) is 0 Å². The van der Waals surface area contributed by atoms with E-state index in [0.717, 1.165) is 19.3 Å². The molecule has 1 fully saturated rings. The number of carbonyl (C=O) groups excluding carboxylic acids is 1. The Kier molecular flexibility index (Phi) is 5.03. The third kappa shape index (κ3) is 4.34. The molecular weight excluding hydrogens is 272 g/mol. The van der Waals surface area contributed by atoms with E-state index in [2.05, 4.69) is 5.32 Å². The molecule has 1 aromatic carbocycles. The van der Waals surface area contributed by atoms with Crippen molar-refractivity contribution in [2.45, 2.75) is 50.3 Å². The Hall–Kier alpha value is -1.79. The number of carbonyl (C=O) groups is 1. The van der Waals surface area contributed by atoms with Crippen LogP contribution in [-0.4, -0.2) is 39.4 Å². The van der Waals surface area contributed by atoms with E-state index in [1.807, 2.05) is 0 Å². The van der Waals surface area contributed by atoms with Crippen LogP contribution in [0.4, 0.5) is 0 Å². The van der Waals surface area contributed by atoms with Gasteiger partial charge in [-0.05, 0) is 49.8 Å². The molecule has 3 atom stereocenters. The lowest BCUT2D eigenvalue weighted by molar-refractivity contribution is -0.123. The van der Waals surface area contributed by atoms with Gasteiger partial charge in [-0.3, -0.25) is 4.79 Å². The van der Waals surface area contributed by atoms with Gasteiger partial charge in [0.2, 0.25) is 5.91 Å². The number of hydrogen-bond acceptors (Lipinski definition) is 5. The monoisotopic (exact) mass is 294 g/mol. The summed E-state index contributed by atoms with van der Waals surface area (Å²) < 4.78 is 0. The third-order valence-electron chi connectivity index (χ3n) is 3.83. The van der Waals surface area contributed by atoms with Crippen molar-refractivity contribution >= 4 is 5.91 Å². The Bertz CT molecular complexity index is 506. The molecule has 2 unspecified atom stereocenters. The highest BCUT2D eigenvalue weighted by atomic mass is 16.3. The number of hydrogen-bond donors (Lipinski definition) is 5. The summed E-state index contributed by atoms with van der Waals surface area (Å²) in [7, 11) is 0. The Balaban J connectivity index is 1.88. The average Bonchev–Trinajstić information content (AvgIpc) is 2.43. The number of amides is 1. The Morgan fingerprint density at radius 1 is 1.33 bits per heavy atom. The van der Waals surface area contributed by atoms with Gasteiger partial charge in [-0.1, -0.05) is 6.07 Å². The lowest BCUT2D eigenvalue weighted by Gasteiger charge is -2.27. The number of phenolic OH excluding ortho intramolecular Hbond substituents is 2. The molecule has 21 heavy (non-hydrogen) atoms. The summed E-state index contributed by atoms with van der Waals surface area (Å²) in [6.45, 7) is 0. The zero-order valence-corrected chi connectivity index (χ0v) is 11.8. The van der Waals surface area contributed by atoms with Crippen LogP contribution in [0.5, 0.6) is 11.5 Å². The smallest absolute Gasteiger partial charge is 0.237 e. The van der Waals surface area contributed by atoms with E-state index >= 15 is 0 Å². The molecule has 1 aliphatic rings. The van der Waals surface area contributed by atoms with Gasteiger partial charge < -0.3 is 26.4 Å². The van der Waals surface area contributed by atoms with Gasteiger partial charge in [0.05, 0.1) is 12.1 Å². The van der Waals surface area contributed by atoms with Crippen molar-refractivity contribution in [2.24, 2.45) is 5.73 Å². The van der Waals surface area contributed by atoms with E-state index < -0.39 is 6.04 Å². The largest absolute Gasteiger partial charge is 0.504 e. The minimum Gasteiger partial charge on any atom is -0.504 e. The summed E-state index contributed by atoms with van der Waals surface area (Å²) in [6.07, 6.45) is 3.02. The fraction of sp³-hybridized carbons (Fsp3) is 0.533. The van der Waals surface area contributed by atoms with Gasteiger partial charge in [0.1, 0.15) is 0 Å². The maximum absolute atomic E-state index is 12.0. The highest BCUT2D eigenvalue weighted by Gasteiger charge is 2.24. The maximum atomic E-state index is 12.0. The van der Waals surface area contributed by atoms with E-state index in [4.69, 9.17) is 5.73 Å². The lowest BCUT2D eigenvalue weighted by Crippen LogP contribution is -2.48. The van der Waals surface area contributed by atoms with Crippen LogP contribution in [-0.2, 0) is 11.2 Å². The molecule has 1 aliphatic carbocycles. The highest BCUT2D eigenvalue weighted by molar-refractivity contribution is 5.82. The fourth-order valence-corrected chi connectivity index (χ4v) is 2.65. The molecule has 0 radical (unpaired) electrons. The van der Waals surface area contributed by atoms with Crippen LogP contribution in [0, 0.1) is 0 Å². The van der Waals surface area contributed by atoms with E-state index in [0.29, 0.717) is 12.0 Å². The zero-order valence-electron chi connectivity index (χ0n) is 11.8. The summed E-state index contributed by atoms with van der Waals surface area (Å²) in [5.41, 5.74) is 6.55. The van der Waals surface area contributed by atoms with Gasteiger partial charge in [0, 0.05) is 6.04 Å². The number of phenols is 2. The molecule has 116 valence electrons. The normalized spacial score (nSPS) is 23.5. The second kappa shape index (κ2) is 6.78. The minimum absolute atomic E-state index is 0.0273. The van der Waals surface area contributed by atoms with Crippen molar-refractivity contribution in [3.63, 3.8) is 0 Å². The first kappa shape index (κ1) is 15.6. The summed E-state index contributed by atoms with van der Waals surface area (Å²) in [5.74, 6) is -0.690. The van der Waals surface area contributed by atoms with Gasteiger partial charge in [0.15, 0.2) is 11.5 Å². The van der Waals surface area contributed by atoms with E-state index in [-0.39, 0.29) is 36.0 Å². The van der Waals surface area contributed by atoms with Crippen LogP contribution < -0.4 is 11.1 Å². The number of nitrogens with two attached hydrogens (primary N) is 1. The minimum atomic E-state index is -0.729. The number of aliphatic hydroxyl groups excluding tert-OH is 1. The van der Waals surface area contributed by atoms with E-state index in [1.165, 1.54) is 12.1 Å². The van der Waals surface area contributed by atoms with Crippen molar-refractivity contribution in [3.8, 4) is 11.5 Å². The highest BCUT2D eigenvalue weighted by Crippen LogP contribution is 2.25. The van der Waals surface area contributed by atoms with Gasteiger partial charge >= 0.3 is 0 Å². The SMILES string of the molecule is N[C@@H](Cc1ccc(O)c(O)c1)C(=O)NC1CCCC(O)C1. The number of aromatic hydroxyl groups is 2. The standard InChI is InChI=1S/C15H22N2O4/c16-12(6-9-4-5-13(19)14(20)7-9)15(21)17-10-2-1-3-11(18)8-10/h4-5,7,10-12,18-20H,1-3,6,8,16H2,(H,17,21)/t10?,11?,12-/m0/s1. The average molecular weight is 294 g/mol. The molecule has 0 bridgehead atoms. The molecule has 6 heteroatoms. The number of rotatable bonds is 4. The van der Waals surface area contributed by atoms with Gasteiger partial charge in [0.25, 0.3) is 0 Å². The quantitative estimate of drug-likeness (QED) is 0.515. The summed E-state index contributed by atoms with van der Waals surface area (Å²) in [6, 6.07) is 3.63. The molecule has 0 aromatic heterocycles. The van der Waals surface area contributed by atoms with Crippen LogP contribution in [0.25, 0.3) is 0 Å². The van der Waals surface area contributed by atoms with Crippen molar-refractivity contribution in [1.82, 2.24) is 5.32 Å². The first-order valence-electron chi connectivity index (χ1n) is 7.20. The van der Waals surface area contributed by atoms with Gasteiger partial charge in [-0.15, -0.1) is 0 Å². The van der Waals surface area contributed by atoms with Crippen LogP contribution in [0.15, 0.2) is 18.2 Å². The Labute approximate surface area is 123 Å². The molecular formula is C15H22N2O4. The van der Waals surface area contributed by atoms with Crippen LogP contribution in [0.1, 0.15) is 31.2 Å². The second-order valence-corrected chi connectivity index (χ2v) is 5.66. The molecule has 6 nitrogen and oxygen atoms in total. The predicted octanol–water partition coefficient (Wildman–Crippen LogP) is 0.387. The van der Waals surface area contributed by atoms with E-state index in [9.17, 15) is 20.1 Å². The van der Waals surface area contributed by atoms with Crippen LogP contribution in [0.2, 0.25) is 0 Å². The molecule has 0 aliphatic heterocycles. The summed E-state index contributed by atoms with van der Waals surface area (Å²) in [5, 5.41) is 31.1. The zero-order chi connectivity index (χ0) is 15.4. The van der Waals surface area contributed by atoms with Crippen molar-refractivity contribution < 1.29 is 20.1 Å². The van der Waals surface area contributed by atoms with Gasteiger partial charge in [-0.25, -0.2) is 0 Å². The number of benzene rings is 1. The lowest BCUT2D eigenvalue weighted by atomic mass is 9.92. The number of nitrogens with one attached hydrogen (secondary N) is 1. The maximum Gasteiger partial charge on any atom is 0.237 e. The fourth-order valence-electron chi connectivity index (χ4n) is 2.65. The van der Waals surface area contributed by atoms with Crippen molar-refractivity contribution in [3.05, 3.63) is 23.8 Å².